The first-order valence-electron chi connectivity index (χ1n) is 6.36. The molecule has 23 heavy (non-hydrogen) atoms. The molecule has 0 aliphatic heterocycles. The van der Waals surface area contributed by atoms with E-state index in [1.54, 1.807) is 12.1 Å². The van der Waals surface area contributed by atoms with Crippen molar-refractivity contribution in [2.75, 3.05) is 7.11 Å². The Morgan fingerprint density at radius 3 is 2.22 bits per heavy atom. The molecular weight excluding hydrogens is 363 g/mol. The maximum absolute atomic E-state index is 12.3. The van der Waals surface area contributed by atoms with Crippen LogP contribution in [-0.2, 0) is 23.8 Å². The van der Waals surface area contributed by atoms with Crippen LogP contribution in [0.5, 0.6) is 0 Å². The number of hydrogen-bond donors (Lipinski definition) is 0. The molecule has 0 amide bonds. The lowest BCUT2D eigenvalue weighted by Crippen LogP contribution is -2.21. The van der Waals surface area contributed by atoms with Gasteiger partial charge in [0.05, 0.1) is 12.0 Å². The van der Waals surface area contributed by atoms with Crippen LogP contribution in [-0.4, -0.2) is 21.5 Å². The molecule has 0 saturated carbocycles. The summed E-state index contributed by atoms with van der Waals surface area (Å²) in [7, 11) is -3.08. The molecule has 0 aliphatic rings. The van der Waals surface area contributed by atoms with Crippen LogP contribution in [0.25, 0.3) is 0 Å². The molecule has 0 N–H and O–H groups in total. The third-order valence-electron chi connectivity index (χ3n) is 2.93. The van der Waals surface area contributed by atoms with Crippen LogP contribution in [0.3, 0.4) is 0 Å². The molecule has 0 radical (unpaired) electrons. The van der Waals surface area contributed by atoms with E-state index < -0.39 is 22.2 Å². The summed E-state index contributed by atoms with van der Waals surface area (Å²) >= 11 is 11.7. The van der Waals surface area contributed by atoms with Gasteiger partial charge in [-0.25, -0.2) is 8.98 Å². The number of halogens is 2. The quantitative estimate of drug-likeness (QED) is 0.590. The number of carbonyl (C=O) groups is 1. The minimum atomic E-state index is -4.21. The SMILES string of the molecule is COC(=O)C(OS(=O)(=O)c1ccc(Cl)cc1)c1ccccc1Cl. The zero-order valence-electron chi connectivity index (χ0n) is 11.9. The summed E-state index contributed by atoms with van der Waals surface area (Å²) in [6.45, 7) is 0. The van der Waals surface area contributed by atoms with Crippen molar-refractivity contribution in [3.05, 3.63) is 64.1 Å². The van der Waals surface area contributed by atoms with Crippen molar-refractivity contribution >= 4 is 39.3 Å². The summed E-state index contributed by atoms with van der Waals surface area (Å²) in [5.41, 5.74) is 0.193. The maximum Gasteiger partial charge on any atom is 0.341 e. The molecule has 0 aliphatic carbocycles. The highest BCUT2D eigenvalue weighted by atomic mass is 35.5. The highest BCUT2D eigenvalue weighted by Gasteiger charge is 2.31. The van der Waals surface area contributed by atoms with Gasteiger partial charge in [0.15, 0.2) is 0 Å². The fraction of sp³-hybridized carbons (Fsp3) is 0.133. The molecule has 5 nitrogen and oxygen atoms in total. The fourth-order valence-electron chi connectivity index (χ4n) is 1.80. The van der Waals surface area contributed by atoms with Gasteiger partial charge in [-0.15, -0.1) is 0 Å². The predicted octanol–water partition coefficient (Wildman–Crippen LogP) is 3.61. The Hall–Kier alpha value is -1.60. The summed E-state index contributed by atoms with van der Waals surface area (Å²) in [5.74, 6) is -0.879. The molecule has 0 fully saturated rings. The Morgan fingerprint density at radius 1 is 1.04 bits per heavy atom. The zero-order chi connectivity index (χ0) is 17.0. The largest absolute Gasteiger partial charge is 0.467 e. The first kappa shape index (κ1) is 17.7. The lowest BCUT2D eigenvalue weighted by Gasteiger charge is -2.17. The average molecular weight is 375 g/mol. The smallest absolute Gasteiger partial charge is 0.341 e. The van der Waals surface area contributed by atoms with Crippen molar-refractivity contribution in [2.45, 2.75) is 11.0 Å². The van der Waals surface area contributed by atoms with Crippen LogP contribution in [0.15, 0.2) is 53.4 Å². The van der Waals surface area contributed by atoms with Gasteiger partial charge in [-0.3, -0.25) is 0 Å². The van der Waals surface area contributed by atoms with E-state index in [4.69, 9.17) is 27.4 Å². The van der Waals surface area contributed by atoms with Crippen molar-refractivity contribution in [3.8, 4) is 0 Å². The Morgan fingerprint density at radius 2 is 1.65 bits per heavy atom. The number of ether oxygens (including phenoxy) is 1. The maximum atomic E-state index is 12.3. The monoisotopic (exact) mass is 374 g/mol. The van der Waals surface area contributed by atoms with E-state index in [0.29, 0.717) is 5.02 Å². The van der Waals surface area contributed by atoms with Crippen LogP contribution >= 0.6 is 23.2 Å². The van der Waals surface area contributed by atoms with Gasteiger partial charge in [0.2, 0.25) is 6.10 Å². The van der Waals surface area contributed by atoms with Crippen molar-refractivity contribution in [1.82, 2.24) is 0 Å². The summed E-state index contributed by atoms with van der Waals surface area (Å²) in [6.07, 6.45) is -1.51. The Kier molecular flexibility index (Phi) is 5.64. The van der Waals surface area contributed by atoms with E-state index in [1.165, 1.54) is 36.4 Å². The van der Waals surface area contributed by atoms with Crippen molar-refractivity contribution in [3.63, 3.8) is 0 Å². The van der Waals surface area contributed by atoms with Crippen molar-refractivity contribution < 1.29 is 22.1 Å². The summed E-state index contributed by atoms with van der Waals surface area (Å²) in [4.78, 5) is 11.8. The number of esters is 1. The number of hydrogen-bond acceptors (Lipinski definition) is 5. The molecule has 2 aromatic carbocycles. The molecule has 0 spiro atoms. The van der Waals surface area contributed by atoms with Crippen LogP contribution < -0.4 is 0 Å². The first-order chi connectivity index (χ1) is 10.8. The Bertz CT molecular complexity index is 803. The second-order valence-electron chi connectivity index (χ2n) is 4.43. The number of benzene rings is 2. The number of carbonyl (C=O) groups excluding carboxylic acids is 1. The van der Waals surface area contributed by atoms with Crippen LogP contribution in [0, 0.1) is 0 Å². The van der Waals surface area contributed by atoms with Crippen molar-refractivity contribution in [1.29, 1.82) is 0 Å². The topological polar surface area (TPSA) is 69.7 Å². The molecule has 2 rings (SSSR count). The second-order valence-corrected chi connectivity index (χ2v) is 6.84. The number of rotatable bonds is 5. The minimum absolute atomic E-state index is 0.136. The predicted molar refractivity (Wildman–Crippen MR) is 85.9 cm³/mol. The van der Waals surface area contributed by atoms with Gasteiger partial charge < -0.3 is 4.74 Å². The molecule has 122 valence electrons. The third-order valence-corrected chi connectivity index (χ3v) is 4.82. The van der Waals surface area contributed by atoms with Gasteiger partial charge in [-0.05, 0) is 30.3 Å². The lowest BCUT2D eigenvalue weighted by molar-refractivity contribution is -0.149. The van der Waals surface area contributed by atoms with Crippen LogP contribution in [0.1, 0.15) is 11.7 Å². The van der Waals surface area contributed by atoms with Gasteiger partial charge >= 0.3 is 5.97 Å². The van der Waals surface area contributed by atoms with Crippen molar-refractivity contribution in [2.24, 2.45) is 0 Å². The molecular formula is C15H12Cl2O5S. The third kappa shape index (κ3) is 4.23. The van der Waals surface area contributed by atoms with E-state index in [2.05, 4.69) is 4.74 Å². The molecule has 0 bridgehead atoms. The van der Waals surface area contributed by atoms with Gasteiger partial charge in [0.25, 0.3) is 10.1 Å². The normalized spacial score (nSPS) is 12.7. The van der Waals surface area contributed by atoms with Gasteiger partial charge in [-0.1, -0.05) is 41.4 Å². The molecule has 8 heteroatoms. The van der Waals surface area contributed by atoms with Crippen LogP contribution in [0.4, 0.5) is 0 Å². The van der Waals surface area contributed by atoms with Crippen LogP contribution in [0.2, 0.25) is 10.0 Å². The zero-order valence-corrected chi connectivity index (χ0v) is 14.2. The standard InChI is InChI=1S/C15H12Cl2O5S/c1-21-15(18)14(12-4-2-3-5-13(12)17)22-23(19,20)11-8-6-10(16)7-9-11/h2-9,14H,1H3. The van der Waals surface area contributed by atoms with E-state index in [9.17, 15) is 13.2 Å². The minimum Gasteiger partial charge on any atom is -0.467 e. The highest BCUT2D eigenvalue weighted by molar-refractivity contribution is 7.86. The molecule has 0 aromatic heterocycles. The lowest BCUT2D eigenvalue weighted by atomic mass is 10.1. The molecule has 1 atom stereocenters. The average Bonchev–Trinajstić information content (AvgIpc) is 2.53. The van der Waals surface area contributed by atoms with E-state index in [1.807, 2.05) is 0 Å². The van der Waals surface area contributed by atoms with Gasteiger partial charge in [-0.2, -0.15) is 8.42 Å². The Labute approximate surface area is 143 Å². The molecule has 0 saturated heterocycles. The van der Waals surface area contributed by atoms with E-state index >= 15 is 0 Å². The fourth-order valence-corrected chi connectivity index (χ4v) is 3.17. The number of methoxy groups -OCH3 is 1. The van der Waals surface area contributed by atoms with Gasteiger partial charge in [0, 0.05) is 15.6 Å². The summed E-state index contributed by atoms with van der Waals surface area (Å²) in [5, 5.41) is 0.564. The van der Waals surface area contributed by atoms with E-state index in [0.717, 1.165) is 7.11 Å². The molecule has 1 unspecified atom stereocenters. The molecule has 2 aromatic rings. The summed E-state index contributed by atoms with van der Waals surface area (Å²) in [6, 6.07) is 11.6. The highest BCUT2D eigenvalue weighted by Crippen LogP contribution is 2.30. The Balaban J connectivity index is 2.40. The van der Waals surface area contributed by atoms with E-state index in [-0.39, 0.29) is 15.5 Å². The first-order valence-corrected chi connectivity index (χ1v) is 8.52. The summed E-state index contributed by atoms with van der Waals surface area (Å²) < 4.78 is 34.4. The van der Waals surface area contributed by atoms with Gasteiger partial charge in [0.1, 0.15) is 0 Å². The molecule has 0 heterocycles. The second kappa shape index (κ2) is 7.31.